The smallest absolute Gasteiger partial charge is 0.253 e. The number of hydrogen-bond donors (Lipinski definition) is 1. The highest BCUT2D eigenvalue weighted by atomic mass is 16.2. The summed E-state index contributed by atoms with van der Waals surface area (Å²) in [6, 6.07) is 15.5. The van der Waals surface area contributed by atoms with E-state index in [0.717, 1.165) is 22.4 Å². The molecule has 1 amide bonds. The molecular formula is C17H17N3O. The Kier molecular flexibility index (Phi) is 3.44. The van der Waals surface area contributed by atoms with E-state index in [9.17, 15) is 4.79 Å². The van der Waals surface area contributed by atoms with Crippen molar-refractivity contribution in [2.24, 2.45) is 0 Å². The number of imidazole rings is 1. The number of H-pyrrole nitrogens is 1. The molecule has 1 aromatic heterocycles. The highest BCUT2D eigenvalue weighted by molar-refractivity contribution is 5.94. The molecular weight excluding hydrogens is 262 g/mol. The van der Waals surface area contributed by atoms with Gasteiger partial charge in [-0.1, -0.05) is 29.8 Å². The van der Waals surface area contributed by atoms with E-state index in [1.807, 2.05) is 55.5 Å². The number of hydrogen-bond acceptors (Lipinski definition) is 2. The van der Waals surface area contributed by atoms with E-state index in [-0.39, 0.29) is 5.91 Å². The summed E-state index contributed by atoms with van der Waals surface area (Å²) in [4.78, 5) is 21.8. The Morgan fingerprint density at radius 2 is 1.86 bits per heavy atom. The van der Waals surface area contributed by atoms with Gasteiger partial charge < -0.3 is 9.88 Å². The van der Waals surface area contributed by atoms with Crippen molar-refractivity contribution in [3.05, 3.63) is 65.5 Å². The number of carbonyl (C=O) groups excluding carboxylic acids is 1. The van der Waals surface area contributed by atoms with Gasteiger partial charge in [-0.25, -0.2) is 4.98 Å². The number of benzene rings is 2. The van der Waals surface area contributed by atoms with Crippen molar-refractivity contribution in [2.75, 3.05) is 7.05 Å². The first-order valence-corrected chi connectivity index (χ1v) is 6.89. The molecule has 0 aliphatic heterocycles. The summed E-state index contributed by atoms with van der Waals surface area (Å²) in [5, 5.41) is 0. The van der Waals surface area contributed by atoms with E-state index in [1.165, 1.54) is 0 Å². The molecule has 1 N–H and O–H groups in total. The second-order valence-electron chi connectivity index (χ2n) is 5.23. The van der Waals surface area contributed by atoms with Gasteiger partial charge in [-0.05, 0) is 31.2 Å². The van der Waals surface area contributed by atoms with Gasteiger partial charge in [0, 0.05) is 12.6 Å². The maximum atomic E-state index is 12.4. The number of aryl methyl sites for hydroxylation is 1. The third-order valence-electron chi connectivity index (χ3n) is 3.47. The maximum absolute atomic E-state index is 12.4. The van der Waals surface area contributed by atoms with E-state index in [1.54, 1.807) is 11.9 Å². The monoisotopic (exact) mass is 279 g/mol. The second-order valence-corrected chi connectivity index (χ2v) is 5.23. The molecule has 0 unspecified atom stereocenters. The van der Waals surface area contributed by atoms with Crippen LogP contribution in [0.4, 0.5) is 0 Å². The Balaban J connectivity index is 1.77. The van der Waals surface area contributed by atoms with Crippen molar-refractivity contribution in [2.45, 2.75) is 13.5 Å². The Hall–Kier alpha value is -2.62. The van der Waals surface area contributed by atoms with Crippen molar-refractivity contribution in [3.63, 3.8) is 0 Å². The van der Waals surface area contributed by atoms with Crippen LogP contribution in [0.15, 0.2) is 48.5 Å². The average molecular weight is 279 g/mol. The Labute approximate surface area is 123 Å². The van der Waals surface area contributed by atoms with Crippen molar-refractivity contribution >= 4 is 16.9 Å². The number of nitrogens with zero attached hydrogens (tertiary/aromatic N) is 2. The van der Waals surface area contributed by atoms with Crippen LogP contribution < -0.4 is 0 Å². The van der Waals surface area contributed by atoms with Gasteiger partial charge in [0.1, 0.15) is 5.82 Å². The summed E-state index contributed by atoms with van der Waals surface area (Å²) in [5.74, 6) is 0.787. The Morgan fingerprint density at radius 3 is 2.57 bits per heavy atom. The molecule has 0 spiro atoms. The molecule has 0 aliphatic rings. The second kappa shape index (κ2) is 5.40. The quantitative estimate of drug-likeness (QED) is 0.800. The van der Waals surface area contributed by atoms with E-state index < -0.39 is 0 Å². The molecule has 4 nitrogen and oxygen atoms in total. The van der Waals surface area contributed by atoms with E-state index in [0.29, 0.717) is 12.1 Å². The summed E-state index contributed by atoms with van der Waals surface area (Å²) in [6.07, 6.45) is 0. The molecule has 3 aromatic rings. The van der Waals surface area contributed by atoms with E-state index in [2.05, 4.69) is 9.97 Å². The topological polar surface area (TPSA) is 49.0 Å². The lowest BCUT2D eigenvalue weighted by Gasteiger charge is -2.15. The van der Waals surface area contributed by atoms with Crippen molar-refractivity contribution in [3.8, 4) is 0 Å². The first-order chi connectivity index (χ1) is 10.1. The first kappa shape index (κ1) is 13.4. The SMILES string of the molecule is Cc1ccc(C(=O)N(C)Cc2nc3ccccc3[nH]2)cc1. The highest BCUT2D eigenvalue weighted by Gasteiger charge is 2.13. The average Bonchev–Trinajstić information content (AvgIpc) is 2.89. The molecule has 0 fully saturated rings. The van der Waals surface area contributed by atoms with Gasteiger partial charge in [0.25, 0.3) is 5.91 Å². The molecule has 0 saturated heterocycles. The van der Waals surface area contributed by atoms with Crippen LogP contribution in [0.25, 0.3) is 11.0 Å². The molecule has 0 aliphatic carbocycles. The lowest BCUT2D eigenvalue weighted by Crippen LogP contribution is -2.26. The lowest BCUT2D eigenvalue weighted by atomic mass is 10.1. The summed E-state index contributed by atoms with van der Waals surface area (Å²) >= 11 is 0. The number of carbonyl (C=O) groups is 1. The third-order valence-corrected chi connectivity index (χ3v) is 3.47. The number of rotatable bonds is 3. The Morgan fingerprint density at radius 1 is 1.14 bits per heavy atom. The molecule has 0 bridgehead atoms. The van der Waals surface area contributed by atoms with Gasteiger partial charge in [-0.15, -0.1) is 0 Å². The third kappa shape index (κ3) is 2.79. The molecule has 0 saturated carbocycles. The minimum atomic E-state index is -0.00421. The highest BCUT2D eigenvalue weighted by Crippen LogP contribution is 2.13. The lowest BCUT2D eigenvalue weighted by molar-refractivity contribution is 0.0782. The zero-order chi connectivity index (χ0) is 14.8. The zero-order valence-corrected chi connectivity index (χ0v) is 12.1. The van der Waals surface area contributed by atoms with Crippen LogP contribution in [0.2, 0.25) is 0 Å². The minimum Gasteiger partial charge on any atom is -0.340 e. The summed E-state index contributed by atoms with van der Waals surface area (Å²) < 4.78 is 0. The number of amides is 1. The van der Waals surface area contributed by atoms with Crippen LogP contribution in [-0.4, -0.2) is 27.8 Å². The van der Waals surface area contributed by atoms with Crippen molar-refractivity contribution < 1.29 is 4.79 Å². The predicted octanol–water partition coefficient (Wildman–Crippen LogP) is 3.14. The fourth-order valence-corrected chi connectivity index (χ4v) is 2.29. The Bertz CT molecular complexity index is 741. The molecule has 0 atom stereocenters. The molecule has 106 valence electrons. The fourth-order valence-electron chi connectivity index (χ4n) is 2.29. The van der Waals surface area contributed by atoms with Gasteiger partial charge in [0.15, 0.2) is 0 Å². The molecule has 0 radical (unpaired) electrons. The van der Waals surface area contributed by atoms with Crippen molar-refractivity contribution in [1.82, 2.24) is 14.9 Å². The maximum Gasteiger partial charge on any atom is 0.253 e. The van der Waals surface area contributed by atoms with Gasteiger partial charge in [0.05, 0.1) is 17.6 Å². The number of para-hydroxylation sites is 2. The van der Waals surface area contributed by atoms with Gasteiger partial charge in [-0.2, -0.15) is 0 Å². The summed E-state index contributed by atoms with van der Waals surface area (Å²) in [7, 11) is 1.79. The molecule has 3 rings (SSSR count). The van der Waals surface area contributed by atoms with Crippen LogP contribution in [-0.2, 0) is 6.54 Å². The number of fused-ring (bicyclic) bond motifs is 1. The van der Waals surface area contributed by atoms with Crippen LogP contribution in [0.3, 0.4) is 0 Å². The fraction of sp³-hybridized carbons (Fsp3) is 0.176. The molecule has 2 aromatic carbocycles. The van der Waals surface area contributed by atoms with Crippen LogP contribution >= 0.6 is 0 Å². The largest absolute Gasteiger partial charge is 0.340 e. The molecule has 4 heteroatoms. The van der Waals surface area contributed by atoms with Crippen LogP contribution in [0, 0.1) is 6.92 Å². The zero-order valence-electron chi connectivity index (χ0n) is 12.1. The van der Waals surface area contributed by atoms with Gasteiger partial charge >= 0.3 is 0 Å². The standard InChI is InChI=1S/C17H17N3O/c1-12-7-9-13(10-8-12)17(21)20(2)11-16-18-14-5-3-4-6-15(14)19-16/h3-10H,11H2,1-2H3,(H,18,19). The number of aromatic nitrogens is 2. The normalized spacial score (nSPS) is 10.8. The van der Waals surface area contributed by atoms with E-state index in [4.69, 9.17) is 0 Å². The predicted molar refractivity (Wildman–Crippen MR) is 83.1 cm³/mol. The van der Waals surface area contributed by atoms with Gasteiger partial charge in [0.2, 0.25) is 0 Å². The van der Waals surface area contributed by atoms with Crippen molar-refractivity contribution in [1.29, 1.82) is 0 Å². The summed E-state index contributed by atoms with van der Waals surface area (Å²) in [6.45, 7) is 2.47. The van der Waals surface area contributed by atoms with Gasteiger partial charge in [-0.3, -0.25) is 4.79 Å². The summed E-state index contributed by atoms with van der Waals surface area (Å²) in [5.41, 5.74) is 3.75. The van der Waals surface area contributed by atoms with Crippen LogP contribution in [0.1, 0.15) is 21.7 Å². The minimum absolute atomic E-state index is 0.00421. The van der Waals surface area contributed by atoms with E-state index >= 15 is 0 Å². The number of nitrogens with one attached hydrogen (secondary N) is 1. The molecule has 1 heterocycles. The number of aromatic amines is 1. The molecule has 21 heavy (non-hydrogen) atoms. The first-order valence-electron chi connectivity index (χ1n) is 6.89. The van der Waals surface area contributed by atoms with Crippen LogP contribution in [0.5, 0.6) is 0 Å².